The van der Waals surface area contributed by atoms with E-state index in [2.05, 4.69) is 15.1 Å². The maximum atomic E-state index is 12.2. The molecule has 5 N–H and O–H groups in total. The van der Waals surface area contributed by atoms with Gasteiger partial charge in [0.05, 0.1) is 21.7 Å². The molecule has 1 saturated carbocycles. The van der Waals surface area contributed by atoms with Crippen molar-refractivity contribution in [1.82, 2.24) is 4.98 Å². The van der Waals surface area contributed by atoms with Crippen LogP contribution in [0.3, 0.4) is 0 Å². The van der Waals surface area contributed by atoms with E-state index in [0.29, 0.717) is 32.1 Å². The van der Waals surface area contributed by atoms with E-state index in [1.165, 1.54) is 11.3 Å². The third-order valence-corrected chi connectivity index (χ3v) is 8.15. The van der Waals surface area contributed by atoms with Gasteiger partial charge in [-0.1, -0.05) is 24.3 Å². The van der Waals surface area contributed by atoms with Crippen molar-refractivity contribution in [2.45, 2.75) is 44.2 Å². The molecule has 0 bridgehead atoms. The van der Waals surface area contributed by atoms with Crippen LogP contribution in [0.15, 0.2) is 48.8 Å². The fraction of sp³-hybridized carbons (Fsp3) is 0.440. The number of pyridine rings is 1. The van der Waals surface area contributed by atoms with Gasteiger partial charge in [0.25, 0.3) is 5.09 Å². The van der Waals surface area contributed by atoms with Gasteiger partial charge in [0.2, 0.25) is 0 Å². The van der Waals surface area contributed by atoms with Crippen LogP contribution in [0.4, 0.5) is 5.00 Å². The lowest BCUT2D eigenvalue weighted by Gasteiger charge is -2.36. The number of carbonyl (C=O) groups is 1. The van der Waals surface area contributed by atoms with Gasteiger partial charge >= 0.3 is 5.97 Å². The van der Waals surface area contributed by atoms with Gasteiger partial charge in [0, 0.05) is 24.9 Å². The number of aliphatic carboxylic acids is 1. The molecule has 1 aliphatic carbocycles. The van der Waals surface area contributed by atoms with Crippen molar-refractivity contribution in [3.63, 3.8) is 0 Å². The molecule has 10 nitrogen and oxygen atoms in total. The first kappa shape index (κ1) is 25.8. The molecule has 1 aromatic carbocycles. The monoisotopic (exact) mass is 514 g/mol. The molecule has 11 heteroatoms. The molecule has 1 aliphatic rings. The number of hydrogen-bond donors (Lipinski definition) is 4. The van der Waals surface area contributed by atoms with Crippen molar-refractivity contribution >= 4 is 32.4 Å². The minimum atomic E-state index is -0.906. The number of nitrogens with zero attached hydrogens (tertiary/aromatic N) is 2. The third-order valence-electron chi connectivity index (χ3n) is 7.13. The third kappa shape index (κ3) is 5.92. The van der Waals surface area contributed by atoms with Crippen molar-refractivity contribution in [3.8, 4) is 0 Å². The molecule has 4 rings (SSSR count). The minimum Gasteiger partial charge on any atom is -0.481 e. The van der Waals surface area contributed by atoms with Crippen LogP contribution in [0.1, 0.15) is 42.7 Å². The number of carboxylic acids is 1. The smallest absolute Gasteiger partial charge is 0.309 e. The molecule has 0 unspecified atom stereocenters. The summed E-state index contributed by atoms with van der Waals surface area (Å²) >= 11 is 1.51. The van der Waals surface area contributed by atoms with E-state index in [9.17, 15) is 25.1 Å². The topological polar surface area (TPSA) is 161 Å². The predicted molar refractivity (Wildman–Crippen MR) is 136 cm³/mol. The van der Waals surface area contributed by atoms with Crippen LogP contribution in [0.25, 0.3) is 10.1 Å². The zero-order chi connectivity index (χ0) is 25.7. The lowest BCUT2D eigenvalue weighted by Crippen LogP contribution is -2.38. The Kier molecular flexibility index (Phi) is 8.02. The Balaban J connectivity index is 1.40. The molecule has 1 fully saturated rings. The number of nitrogens with two attached hydrogens (primary N) is 1. The van der Waals surface area contributed by atoms with Gasteiger partial charge in [-0.3, -0.25) is 9.78 Å². The van der Waals surface area contributed by atoms with E-state index in [-0.39, 0.29) is 25.0 Å². The molecule has 2 aromatic heterocycles. The Morgan fingerprint density at radius 1 is 1.31 bits per heavy atom. The summed E-state index contributed by atoms with van der Waals surface area (Å²) in [5.74, 6) is -1.21. The molecule has 0 saturated heterocycles. The van der Waals surface area contributed by atoms with Gasteiger partial charge in [-0.25, -0.2) is 0 Å². The molecule has 192 valence electrons. The van der Waals surface area contributed by atoms with Gasteiger partial charge in [-0.2, -0.15) is 0 Å². The van der Waals surface area contributed by atoms with Gasteiger partial charge in [-0.05, 0) is 66.7 Å². The SMILES string of the molecule is NC[C@H](c1ccc(CC2(C(=O)O)CCC(CO[N+](=O)[O-])CC2)cc1)[C@H](O)Nc1cc2ccncc2s1. The van der Waals surface area contributed by atoms with Crippen molar-refractivity contribution in [2.24, 2.45) is 17.1 Å². The Labute approximate surface area is 212 Å². The molecule has 0 aliphatic heterocycles. The van der Waals surface area contributed by atoms with Crippen LogP contribution in [0, 0.1) is 21.4 Å². The number of anilines is 1. The highest BCUT2D eigenvalue weighted by atomic mass is 32.1. The zero-order valence-electron chi connectivity index (χ0n) is 19.7. The summed E-state index contributed by atoms with van der Waals surface area (Å²) in [5, 5.41) is 35.5. The van der Waals surface area contributed by atoms with Crippen molar-refractivity contribution in [3.05, 3.63) is 70.0 Å². The van der Waals surface area contributed by atoms with Crippen molar-refractivity contribution in [1.29, 1.82) is 0 Å². The summed E-state index contributed by atoms with van der Waals surface area (Å²) in [5.41, 5.74) is 6.84. The Bertz CT molecular complexity index is 1160. The number of thiophene rings is 1. The van der Waals surface area contributed by atoms with Gasteiger partial charge in [-0.15, -0.1) is 21.5 Å². The number of fused-ring (bicyclic) bond motifs is 1. The van der Waals surface area contributed by atoms with Crippen LogP contribution in [0.5, 0.6) is 0 Å². The normalized spacial score (nSPS) is 21.6. The predicted octanol–water partition coefficient (Wildman–Crippen LogP) is 3.78. The maximum absolute atomic E-state index is 12.2. The average molecular weight is 515 g/mol. The van der Waals surface area contributed by atoms with Gasteiger partial charge in [0.1, 0.15) is 6.23 Å². The highest BCUT2D eigenvalue weighted by molar-refractivity contribution is 7.22. The lowest BCUT2D eigenvalue weighted by molar-refractivity contribution is -0.759. The first-order valence-corrected chi connectivity index (χ1v) is 12.7. The number of carboxylic acid groups (broad SMARTS) is 1. The van der Waals surface area contributed by atoms with Crippen LogP contribution >= 0.6 is 11.3 Å². The number of rotatable bonds is 11. The van der Waals surface area contributed by atoms with E-state index in [0.717, 1.165) is 26.2 Å². The minimum absolute atomic E-state index is 0.00657. The maximum Gasteiger partial charge on any atom is 0.309 e. The van der Waals surface area contributed by atoms with E-state index < -0.39 is 22.7 Å². The van der Waals surface area contributed by atoms with E-state index in [1.54, 1.807) is 12.4 Å². The summed E-state index contributed by atoms with van der Waals surface area (Å²) in [6.07, 6.45) is 5.00. The molecular formula is C25H30N4O6S. The highest BCUT2D eigenvalue weighted by Gasteiger charge is 2.42. The Hall–Kier alpha value is -3.28. The van der Waals surface area contributed by atoms with Crippen molar-refractivity contribution < 1.29 is 24.9 Å². The summed E-state index contributed by atoms with van der Waals surface area (Å²) in [7, 11) is 0. The Morgan fingerprint density at radius 3 is 2.64 bits per heavy atom. The number of nitrogens with one attached hydrogen (secondary N) is 1. The fourth-order valence-corrected chi connectivity index (χ4v) is 5.91. The fourth-order valence-electron chi connectivity index (χ4n) is 4.95. The van der Waals surface area contributed by atoms with E-state index >= 15 is 0 Å². The molecule has 0 amide bonds. The second kappa shape index (κ2) is 11.2. The van der Waals surface area contributed by atoms with E-state index in [1.807, 2.05) is 36.4 Å². The van der Waals surface area contributed by atoms with Gasteiger partial charge < -0.3 is 26.1 Å². The number of hydrogen-bond acceptors (Lipinski definition) is 9. The summed E-state index contributed by atoms with van der Waals surface area (Å²) < 4.78 is 1.02. The second-order valence-electron chi connectivity index (χ2n) is 9.42. The molecule has 3 aromatic rings. The lowest BCUT2D eigenvalue weighted by atomic mass is 9.67. The van der Waals surface area contributed by atoms with E-state index in [4.69, 9.17) is 5.73 Å². The molecule has 2 heterocycles. The number of benzene rings is 1. The van der Waals surface area contributed by atoms with Crippen LogP contribution < -0.4 is 11.1 Å². The summed E-state index contributed by atoms with van der Waals surface area (Å²) in [6.45, 7) is 0.235. The average Bonchev–Trinajstić information content (AvgIpc) is 3.27. The largest absolute Gasteiger partial charge is 0.481 e. The first-order valence-electron chi connectivity index (χ1n) is 11.9. The first-order chi connectivity index (χ1) is 17.3. The van der Waals surface area contributed by atoms with Crippen molar-refractivity contribution in [2.75, 3.05) is 18.5 Å². The Morgan fingerprint density at radius 2 is 2.03 bits per heavy atom. The highest BCUT2D eigenvalue weighted by Crippen LogP contribution is 2.42. The van der Waals surface area contributed by atoms with Crippen LogP contribution in [0.2, 0.25) is 0 Å². The molecule has 36 heavy (non-hydrogen) atoms. The second-order valence-corrected chi connectivity index (χ2v) is 10.5. The molecular weight excluding hydrogens is 484 g/mol. The quantitative estimate of drug-likeness (QED) is 0.169. The summed E-state index contributed by atoms with van der Waals surface area (Å²) in [6, 6.07) is 11.4. The standard InChI is InChI=1S/C25H30N4O6S/c26-13-20(23(30)28-22-11-19-7-10-27-14-21(19)36-22)18-3-1-16(2-4-18)12-25(24(31)32)8-5-17(6-9-25)15-35-29(33)34/h1-4,7,10-11,14,17,20,23,28,30H,5-6,8-9,12-13,15,26H2,(H,31,32)/t17?,20-,23+,25?/m1/s1. The number of aromatic nitrogens is 1. The zero-order valence-corrected chi connectivity index (χ0v) is 20.5. The molecule has 0 radical (unpaired) electrons. The van der Waals surface area contributed by atoms with Crippen LogP contribution in [-0.2, 0) is 16.1 Å². The summed E-state index contributed by atoms with van der Waals surface area (Å²) in [4.78, 5) is 31.3. The molecule has 2 atom stereocenters. The number of aliphatic hydroxyl groups is 1. The number of aliphatic hydroxyl groups excluding tert-OH is 1. The molecule has 0 spiro atoms. The van der Waals surface area contributed by atoms with Crippen LogP contribution in [-0.4, -0.2) is 45.6 Å². The van der Waals surface area contributed by atoms with Gasteiger partial charge in [0.15, 0.2) is 0 Å².